The van der Waals surface area contributed by atoms with Crippen LogP contribution < -0.4 is 4.74 Å². The molecule has 0 radical (unpaired) electrons. The molecular formula is C13H16BrFO2. The summed E-state index contributed by atoms with van der Waals surface area (Å²) in [6, 6.07) is 3.14. The highest BCUT2D eigenvalue weighted by Crippen LogP contribution is 2.40. The summed E-state index contributed by atoms with van der Waals surface area (Å²) in [5.41, 5.74) is -0.240. The molecule has 0 heterocycles. The van der Waals surface area contributed by atoms with E-state index in [4.69, 9.17) is 4.74 Å². The number of hydrogen-bond donors (Lipinski definition) is 1. The molecule has 0 aliphatic heterocycles. The van der Waals surface area contributed by atoms with Crippen LogP contribution in [0.2, 0.25) is 0 Å². The Kier molecular flexibility index (Phi) is 3.73. The third kappa shape index (κ3) is 2.47. The van der Waals surface area contributed by atoms with Gasteiger partial charge >= 0.3 is 0 Å². The van der Waals surface area contributed by atoms with Crippen LogP contribution >= 0.6 is 15.9 Å². The molecule has 2 nitrogen and oxygen atoms in total. The van der Waals surface area contributed by atoms with Crippen LogP contribution in [-0.4, -0.2) is 12.2 Å². The highest BCUT2D eigenvalue weighted by atomic mass is 79.9. The van der Waals surface area contributed by atoms with E-state index in [1.54, 1.807) is 6.07 Å². The molecule has 94 valence electrons. The van der Waals surface area contributed by atoms with Crippen LogP contribution in [0.4, 0.5) is 4.39 Å². The van der Waals surface area contributed by atoms with Crippen molar-refractivity contribution in [2.24, 2.45) is 0 Å². The Morgan fingerprint density at radius 3 is 2.47 bits per heavy atom. The fraction of sp³-hybridized carbons (Fsp3) is 0.538. The number of aliphatic hydroxyl groups is 1. The van der Waals surface area contributed by atoms with Gasteiger partial charge in [-0.1, -0.05) is 19.3 Å². The first-order chi connectivity index (χ1) is 8.07. The van der Waals surface area contributed by atoms with Crippen molar-refractivity contribution < 1.29 is 14.2 Å². The number of benzene rings is 1. The first kappa shape index (κ1) is 12.8. The van der Waals surface area contributed by atoms with Crippen molar-refractivity contribution in [2.75, 3.05) is 7.11 Å². The van der Waals surface area contributed by atoms with Gasteiger partial charge in [-0.3, -0.25) is 0 Å². The van der Waals surface area contributed by atoms with Crippen molar-refractivity contribution in [2.45, 2.75) is 37.7 Å². The summed E-state index contributed by atoms with van der Waals surface area (Å²) in [4.78, 5) is 0. The van der Waals surface area contributed by atoms with Gasteiger partial charge in [-0.05, 0) is 46.5 Å². The van der Waals surface area contributed by atoms with E-state index in [0.29, 0.717) is 22.9 Å². The lowest BCUT2D eigenvalue weighted by Crippen LogP contribution is -2.28. The summed E-state index contributed by atoms with van der Waals surface area (Å²) < 4.78 is 19.3. The molecule has 1 aliphatic rings. The smallest absolute Gasteiger partial charge is 0.168 e. The van der Waals surface area contributed by atoms with Gasteiger partial charge in [0, 0.05) is 0 Å². The Morgan fingerprint density at radius 1 is 1.29 bits per heavy atom. The summed E-state index contributed by atoms with van der Waals surface area (Å²) in [5, 5.41) is 10.5. The lowest BCUT2D eigenvalue weighted by atomic mass is 9.80. The largest absolute Gasteiger partial charge is 0.492 e. The lowest BCUT2D eigenvalue weighted by Gasteiger charge is -2.32. The summed E-state index contributed by atoms with van der Waals surface area (Å²) in [6.45, 7) is 0. The second-order valence-electron chi connectivity index (χ2n) is 4.57. The zero-order valence-corrected chi connectivity index (χ0v) is 11.4. The lowest BCUT2D eigenvalue weighted by molar-refractivity contribution is -0.000995. The first-order valence-electron chi connectivity index (χ1n) is 5.83. The van der Waals surface area contributed by atoms with Gasteiger partial charge in [-0.25, -0.2) is 4.39 Å². The van der Waals surface area contributed by atoms with E-state index < -0.39 is 11.4 Å². The average Bonchev–Trinajstić information content (AvgIpc) is 2.29. The predicted molar refractivity (Wildman–Crippen MR) is 67.6 cm³/mol. The van der Waals surface area contributed by atoms with Crippen molar-refractivity contribution in [3.05, 3.63) is 28.0 Å². The van der Waals surface area contributed by atoms with Gasteiger partial charge in [0.15, 0.2) is 11.6 Å². The third-order valence-corrected chi connectivity index (χ3v) is 4.01. The quantitative estimate of drug-likeness (QED) is 0.901. The Morgan fingerprint density at radius 2 is 1.94 bits per heavy atom. The second kappa shape index (κ2) is 4.94. The maximum absolute atomic E-state index is 13.8. The molecule has 0 atom stereocenters. The van der Waals surface area contributed by atoms with Crippen LogP contribution in [0.1, 0.15) is 37.7 Å². The third-order valence-electron chi connectivity index (χ3n) is 3.42. The van der Waals surface area contributed by atoms with Gasteiger partial charge in [0.2, 0.25) is 0 Å². The van der Waals surface area contributed by atoms with Gasteiger partial charge in [0.05, 0.1) is 17.2 Å². The van der Waals surface area contributed by atoms with Crippen LogP contribution in [0.15, 0.2) is 16.6 Å². The fourth-order valence-electron chi connectivity index (χ4n) is 2.45. The minimum atomic E-state index is -0.881. The molecule has 1 aromatic carbocycles. The van der Waals surface area contributed by atoms with E-state index in [0.717, 1.165) is 19.3 Å². The highest BCUT2D eigenvalue weighted by molar-refractivity contribution is 9.10. The fourth-order valence-corrected chi connectivity index (χ4v) is 3.05. The van der Waals surface area contributed by atoms with Crippen LogP contribution in [0.3, 0.4) is 0 Å². The molecule has 0 unspecified atom stereocenters. The Balaban J connectivity index is 2.39. The zero-order chi connectivity index (χ0) is 12.5. The monoisotopic (exact) mass is 302 g/mol. The van der Waals surface area contributed by atoms with Gasteiger partial charge in [0.1, 0.15) is 0 Å². The van der Waals surface area contributed by atoms with Crippen LogP contribution in [-0.2, 0) is 5.60 Å². The summed E-state index contributed by atoms with van der Waals surface area (Å²) in [7, 11) is 1.43. The van der Waals surface area contributed by atoms with E-state index in [1.165, 1.54) is 13.2 Å². The topological polar surface area (TPSA) is 29.5 Å². The molecule has 0 amide bonds. The summed E-state index contributed by atoms with van der Waals surface area (Å²) in [5.74, 6) is -0.246. The normalized spacial score (nSPS) is 19.1. The Hall–Kier alpha value is -0.610. The molecule has 0 saturated heterocycles. The van der Waals surface area contributed by atoms with E-state index in [1.807, 2.05) is 0 Å². The van der Waals surface area contributed by atoms with Gasteiger partial charge in [-0.2, -0.15) is 0 Å². The molecule has 1 fully saturated rings. The molecule has 1 N–H and O–H groups in total. The summed E-state index contributed by atoms with van der Waals surface area (Å²) in [6.07, 6.45) is 4.52. The average molecular weight is 303 g/mol. The molecule has 1 aliphatic carbocycles. The molecule has 4 heteroatoms. The molecule has 0 aromatic heterocycles. The molecule has 2 rings (SSSR count). The first-order valence-corrected chi connectivity index (χ1v) is 6.62. The molecular weight excluding hydrogens is 287 g/mol. The van der Waals surface area contributed by atoms with Crippen LogP contribution in [0, 0.1) is 5.82 Å². The van der Waals surface area contributed by atoms with E-state index in [-0.39, 0.29) is 5.75 Å². The summed E-state index contributed by atoms with van der Waals surface area (Å²) >= 11 is 3.27. The van der Waals surface area contributed by atoms with Crippen LogP contribution in [0.5, 0.6) is 5.75 Å². The van der Waals surface area contributed by atoms with Crippen molar-refractivity contribution in [1.29, 1.82) is 0 Å². The van der Waals surface area contributed by atoms with Gasteiger partial charge in [0.25, 0.3) is 0 Å². The SMILES string of the molecule is COc1c(F)cc(C2(O)CCCCC2)cc1Br. The second-order valence-corrected chi connectivity index (χ2v) is 5.42. The van der Waals surface area contributed by atoms with Crippen molar-refractivity contribution in [3.8, 4) is 5.75 Å². The minimum absolute atomic E-state index is 0.188. The van der Waals surface area contributed by atoms with Crippen molar-refractivity contribution in [3.63, 3.8) is 0 Å². The molecule has 1 aromatic rings. The number of halogens is 2. The zero-order valence-electron chi connectivity index (χ0n) is 9.80. The maximum Gasteiger partial charge on any atom is 0.168 e. The Labute approximate surface area is 109 Å². The van der Waals surface area contributed by atoms with Gasteiger partial charge in [-0.15, -0.1) is 0 Å². The number of methoxy groups -OCH3 is 1. The van der Waals surface area contributed by atoms with Crippen molar-refractivity contribution in [1.82, 2.24) is 0 Å². The maximum atomic E-state index is 13.8. The number of ether oxygens (including phenoxy) is 1. The minimum Gasteiger partial charge on any atom is -0.492 e. The molecule has 1 saturated carbocycles. The molecule has 0 bridgehead atoms. The Bertz CT molecular complexity index is 391. The van der Waals surface area contributed by atoms with Gasteiger partial charge < -0.3 is 9.84 Å². The van der Waals surface area contributed by atoms with E-state index in [9.17, 15) is 9.50 Å². The highest BCUT2D eigenvalue weighted by Gasteiger charge is 2.32. The van der Waals surface area contributed by atoms with E-state index >= 15 is 0 Å². The predicted octanol–water partition coefficient (Wildman–Crippen LogP) is 3.75. The van der Waals surface area contributed by atoms with E-state index in [2.05, 4.69) is 15.9 Å². The number of hydrogen-bond acceptors (Lipinski definition) is 2. The number of rotatable bonds is 2. The van der Waals surface area contributed by atoms with Crippen LogP contribution in [0.25, 0.3) is 0 Å². The van der Waals surface area contributed by atoms with Crippen molar-refractivity contribution >= 4 is 15.9 Å². The standard InChI is InChI=1S/C13H16BrFO2/c1-17-12-10(14)7-9(8-11(12)15)13(16)5-3-2-4-6-13/h7-8,16H,2-6H2,1H3. The molecule has 17 heavy (non-hydrogen) atoms. The molecule has 0 spiro atoms.